The van der Waals surface area contributed by atoms with Crippen LogP contribution in [0.15, 0.2) is 16.8 Å². The third-order valence-electron chi connectivity index (χ3n) is 3.46. The Labute approximate surface area is 93.8 Å². The predicted molar refractivity (Wildman–Crippen MR) is 60.7 cm³/mol. The molecule has 0 atom stereocenters. The summed E-state index contributed by atoms with van der Waals surface area (Å²) in [5.74, 6) is -1.46. The summed E-state index contributed by atoms with van der Waals surface area (Å²) in [6.45, 7) is 0. The minimum absolute atomic E-state index is 0.0606. The second-order valence-electron chi connectivity index (χ2n) is 4.33. The Hall–Kier alpha value is -0.420. The van der Waals surface area contributed by atoms with Crippen LogP contribution in [0.5, 0.6) is 0 Å². The molecule has 0 amide bonds. The van der Waals surface area contributed by atoms with Crippen molar-refractivity contribution in [3.63, 3.8) is 0 Å². The van der Waals surface area contributed by atoms with E-state index in [1.54, 1.807) is 11.3 Å². The summed E-state index contributed by atoms with van der Waals surface area (Å²) in [4.78, 5) is 0. The van der Waals surface area contributed by atoms with Gasteiger partial charge in [-0.3, -0.25) is 0 Å². The highest BCUT2D eigenvalue weighted by Gasteiger charge is 2.40. The van der Waals surface area contributed by atoms with Gasteiger partial charge in [0, 0.05) is 18.4 Å². The van der Waals surface area contributed by atoms with Crippen molar-refractivity contribution in [2.75, 3.05) is 7.05 Å². The molecule has 2 rings (SSSR count). The van der Waals surface area contributed by atoms with Gasteiger partial charge in [0.15, 0.2) is 5.79 Å². The van der Waals surface area contributed by atoms with E-state index < -0.39 is 5.79 Å². The largest absolute Gasteiger partial charge is 0.366 e. The summed E-state index contributed by atoms with van der Waals surface area (Å²) in [6.07, 6.45) is 2.41. The van der Waals surface area contributed by atoms with Crippen molar-refractivity contribution in [2.45, 2.75) is 37.0 Å². The lowest BCUT2D eigenvalue weighted by Gasteiger charge is -2.41. The Morgan fingerprint density at radius 3 is 2.40 bits per heavy atom. The molecule has 0 saturated heterocycles. The maximum absolute atomic E-state index is 9.53. The van der Waals surface area contributed by atoms with Crippen LogP contribution < -0.4 is 5.32 Å². The standard InChI is InChI=1S/C11H17NO2S/c1-12-10(9-2-7-15-8-9)3-5-11(13,14)6-4-10/h2,7-8,12-14H,3-6H2,1H3. The molecule has 0 spiro atoms. The summed E-state index contributed by atoms with van der Waals surface area (Å²) in [7, 11) is 1.94. The quantitative estimate of drug-likeness (QED) is 0.670. The van der Waals surface area contributed by atoms with Crippen LogP contribution >= 0.6 is 11.3 Å². The summed E-state index contributed by atoms with van der Waals surface area (Å²) < 4.78 is 0. The van der Waals surface area contributed by atoms with Gasteiger partial charge in [-0.15, -0.1) is 0 Å². The van der Waals surface area contributed by atoms with Crippen molar-refractivity contribution in [3.05, 3.63) is 22.4 Å². The highest BCUT2D eigenvalue weighted by atomic mass is 32.1. The monoisotopic (exact) mass is 227 g/mol. The first-order chi connectivity index (χ1) is 7.08. The summed E-state index contributed by atoms with van der Waals surface area (Å²) >= 11 is 1.68. The van der Waals surface area contributed by atoms with Gasteiger partial charge in [-0.1, -0.05) is 0 Å². The van der Waals surface area contributed by atoms with Gasteiger partial charge in [-0.25, -0.2) is 0 Å². The molecule has 1 aromatic rings. The molecule has 0 radical (unpaired) electrons. The first kappa shape index (κ1) is 11.1. The number of thiophene rings is 1. The number of hydrogen-bond donors (Lipinski definition) is 3. The first-order valence-corrected chi connectivity index (χ1v) is 6.19. The maximum Gasteiger partial charge on any atom is 0.162 e. The van der Waals surface area contributed by atoms with Gasteiger partial charge in [0.05, 0.1) is 0 Å². The predicted octanol–water partition coefficient (Wildman–Crippen LogP) is 1.42. The molecule has 1 aliphatic rings. The van der Waals surface area contributed by atoms with Crippen LogP contribution in [0.25, 0.3) is 0 Å². The molecule has 1 saturated carbocycles. The Kier molecular flexibility index (Phi) is 2.85. The normalized spacial score (nSPS) is 23.9. The lowest BCUT2D eigenvalue weighted by Crippen LogP contribution is -2.48. The van der Waals surface area contributed by atoms with Crippen LogP contribution in [0.2, 0.25) is 0 Å². The average Bonchev–Trinajstić information content (AvgIpc) is 2.72. The molecule has 4 heteroatoms. The lowest BCUT2D eigenvalue weighted by molar-refractivity contribution is -0.190. The fraction of sp³-hybridized carbons (Fsp3) is 0.636. The fourth-order valence-electron chi connectivity index (χ4n) is 2.30. The topological polar surface area (TPSA) is 52.5 Å². The number of nitrogens with one attached hydrogen (secondary N) is 1. The Morgan fingerprint density at radius 2 is 1.93 bits per heavy atom. The van der Waals surface area contributed by atoms with E-state index >= 15 is 0 Å². The molecule has 0 aromatic carbocycles. The maximum atomic E-state index is 9.53. The summed E-state index contributed by atoms with van der Waals surface area (Å²) in [5, 5.41) is 26.6. The van der Waals surface area contributed by atoms with Crippen molar-refractivity contribution in [2.24, 2.45) is 0 Å². The van der Waals surface area contributed by atoms with Gasteiger partial charge in [-0.05, 0) is 42.3 Å². The van der Waals surface area contributed by atoms with E-state index in [0.717, 1.165) is 12.8 Å². The average molecular weight is 227 g/mol. The second kappa shape index (κ2) is 3.87. The molecule has 3 N–H and O–H groups in total. The van der Waals surface area contributed by atoms with Crippen molar-refractivity contribution >= 4 is 11.3 Å². The SMILES string of the molecule is CNC1(c2ccsc2)CCC(O)(O)CC1. The highest BCUT2D eigenvalue weighted by molar-refractivity contribution is 7.08. The van der Waals surface area contributed by atoms with Gasteiger partial charge in [0.25, 0.3) is 0 Å². The first-order valence-electron chi connectivity index (χ1n) is 5.24. The van der Waals surface area contributed by atoms with Crippen LogP contribution in [0, 0.1) is 0 Å². The van der Waals surface area contributed by atoms with Gasteiger partial charge >= 0.3 is 0 Å². The number of hydrogen-bond acceptors (Lipinski definition) is 4. The number of rotatable bonds is 2. The molecule has 15 heavy (non-hydrogen) atoms. The van der Waals surface area contributed by atoms with Crippen LogP contribution in [-0.4, -0.2) is 23.0 Å². The van der Waals surface area contributed by atoms with Crippen LogP contribution in [0.4, 0.5) is 0 Å². The third kappa shape index (κ3) is 2.08. The molecule has 1 fully saturated rings. The molecular weight excluding hydrogens is 210 g/mol. The molecule has 0 bridgehead atoms. The van der Waals surface area contributed by atoms with Crippen molar-refractivity contribution in [1.82, 2.24) is 5.32 Å². The highest BCUT2D eigenvalue weighted by Crippen LogP contribution is 2.40. The van der Waals surface area contributed by atoms with E-state index in [1.165, 1.54) is 5.56 Å². The lowest BCUT2D eigenvalue weighted by atomic mass is 9.75. The van der Waals surface area contributed by atoms with Crippen LogP contribution in [0.1, 0.15) is 31.2 Å². The van der Waals surface area contributed by atoms with E-state index in [-0.39, 0.29) is 5.54 Å². The van der Waals surface area contributed by atoms with E-state index in [2.05, 4.69) is 22.1 Å². The summed E-state index contributed by atoms with van der Waals surface area (Å²) in [6, 6.07) is 2.11. The number of aliphatic hydroxyl groups is 2. The second-order valence-corrected chi connectivity index (χ2v) is 5.11. The fourth-order valence-corrected chi connectivity index (χ4v) is 3.05. The van der Waals surface area contributed by atoms with E-state index in [4.69, 9.17) is 0 Å². The molecule has 84 valence electrons. The zero-order valence-electron chi connectivity index (χ0n) is 8.86. The minimum Gasteiger partial charge on any atom is -0.366 e. The molecule has 1 aliphatic carbocycles. The molecular formula is C11H17NO2S. The smallest absolute Gasteiger partial charge is 0.162 e. The van der Waals surface area contributed by atoms with Crippen LogP contribution in [-0.2, 0) is 5.54 Å². The van der Waals surface area contributed by atoms with E-state index in [1.807, 2.05) is 7.05 Å². The Balaban J connectivity index is 2.19. The minimum atomic E-state index is -1.46. The van der Waals surface area contributed by atoms with Gasteiger partial charge in [0.2, 0.25) is 0 Å². The zero-order chi connectivity index (χ0) is 10.9. The Morgan fingerprint density at radius 1 is 1.27 bits per heavy atom. The Bertz CT molecular complexity index is 311. The van der Waals surface area contributed by atoms with Gasteiger partial charge in [-0.2, -0.15) is 11.3 Å². The molecule has 0 unspecified atom stereocenters. The van der Waals surface area contributed by atoms with Crippen molar-refractivity contribution in [1.29, 1.82) is 0 Å². The van der Waals surface area contributed by atoms with Gasteiger partial charge < -0.3 is 15.5 Å². The molecule has 1 heterocycles. The molecule has 0 aliphatic heterocycles. The van der Waals surface area contributed by atoms with E-state index in [9.17, 15) is 10.2 Å². The zero-order valence-corrected chi connectivity index (χ0v) is 9.68. The van der Waals surface area contributed by atoms with Crippen molar-refractivity contribution in [3.8, 4) is 0 Å². The van der Waals surface area contributed by atoms with Crippen molar-refractivity contribution < 1.29 is 10.2 Å². The molecule has 1 aromatic heterocycles. The summed E-state index contributed by atoms with van der Waals surface area (Å²) in [5.41, 5.74) is 1.21. The molecule has 3 nitrogen and oxygen atoms in total. The van der Waals surface area contributed by atoms with E-state index in [0.29, 0.717) is 12.8 Å². The van der Waals surface area contributed by atoms with Crippen LogP contribution in [0.3, 0.4) is 0 Å². The third-order valence-corrected chi connectivity index (χ3v) is 4.14. The van der Waals surface area contributed by atoms with Gasteiger partial charge in [0.1, 0.15) is 0 Å².